The van der Waals surface area contributed by atoms with E-state index >= 15 is 0 Å². The Morgan fingerprint density at radius 1 is 0.500 bits per heavy atom. The lowest BCUT2D eigenvalue weighted by Crippen LogP contribution is -1.97. The highest BCUT2D eigenvalue weighted by Gasteiger charge is 2.20. The van der Waals surface area contributed by atoms with Crippen molar-refractivity contribution in [1.29, 1.82) is 0 Å². The number of hydrogen-bond donors (Lipinski definition) is 3. The van der Waals surface area contributed by atoms with Gasteiger partial charge in [-0.2, -0.15) is 0 Å². The van der Waals surface area contributed by atoms with E-state index in [1.165, 1.54) is 0 Å². The zero-order valence-corrected chi connectivity index (χ0v) is 31.2. The van der Waals surface area contributed by atoms with Crippen LogP contribution in [0.25, 0.3) is 59.9 Å². The molecule has 260 valence electrons. The van der Waals surface area contributed by atoms with E-state index in [2.05, 4.69) is 24.3 Å². The van der Waals surface area contributed by atoms with Crippen molar-refractivity contribution in [3.8, 4) is 59.9 Å². The Hall–Kier alpha value is -4.98. The lowest BCUT2D eigenvalue weighted by molar-refractivity contribution is -0.137. The topological polar surface area (TPSA) is 129 Å². The van der Waals surface area contributed by atoms with Gasteiger partial charge >= 0.3 is 17.9 Å². The Bertz CT molecular complexity index is 2450. The van der Waals surface area contributed by atoms with Crippen molar-refractivity contribution in [3.63, 3.8) is 0 Å². The molecule has 0 aliphatic carbocycles. The van der Waals surface area contributed by atoms with Crippen molar-refractivity contribution in [3.05, 3.63) is 119 Å². The van der Waals surface area contributed by atoms with Crippen LogP contribution < -0.4 is 0 Å². The van der Waals surface area contributed by atoms with Crippen LogP contribution in [-0.4, -0.2) is 39.5 Å². The highest BCUT2D eigenvalue weighted by atomic mass is 32.1. The van der Waals surface area contributed by atoms with Gasteiger partial charge in [-0.25, -0.2) is 9.59 Å². The summed E-state index contributed by atoms with van der Waals surface area (Å²) >= 11 is 8.10. The molecular formula is C40H28O7S5. The van der Waals surface area contributed by atoms with Gasteiger partial charge in [-0.15, -0.1) is 56.7 Å². The fourth-order valence-electron chi connectivity index (χ4n) is 5.79. The maximum absolute atomic E-state index is 11.6. The van der Waals surface area contributed by atoms with Crippen molar-refractivity contribution in [2.45, 2.75) is 25.7 Å². The summed E-state index contributed by atoms with van der Waals surface area (Å²) in [5.74, 6) is -2.80. The average Bonchev–Trinajstić information content (AvgIpc) is 3.98. The molecule has 7 aromatic rings. The molecule has 0 fully saturated rings. The third kappa shape index (κ3) is 7.62. The van der Waals surface area contributed by atoms with E-state index in [1.54, 1.807) is 93.1 Å². The molecular weight excluding hydrogens is 753 g/mol. The number of aldehydes is 1. The molecule has 0 saturated heterocycles. The van der Waals surface area contributed by atoms with Crippen LogP contribution >= 0.6 is 56.7 Å². The van der Waals surface area contributed by atoms with E-state index in [-0.39, 0.29) is 17.5 Å². The van der Waals surface area contributed by atoms with E-state index < -0.39 is 17.9 Å². The van der Waals surface area contributed by atoms with Gasteiger partial charge in [0.2, 0.25) is 0 Å². The van der Waals surface area contributed by atoms with Gasteiger partial charge in [0.1, 0.15) is 6.29 Å². The van der Waals surface area contributed by atoms with Gasteiger partial charge in [0.25, 0.3) is 0 Å². The second-order valence-corrected chi connectivity index (χ2v) is 17.1. The van der Waals surface area contributed by atoms with Crippen LogP contribution in [0.15, 0.2) is 97.1 Å². The summed E-state index contributed by atoms with van der Waals surface area (Å²) in [4.78, 5) is 56.4. The van der Waals surface area contributed by atoms with Crippen LogP contribution in [0.2, 0.25) is 0 Å². The minimum Gasteiger partial charge on any atom is -0.481 e. The molecule has 0 amide bonds. The highest BCUT2D eigenvalue weighted by molar-refractivity contribution is 7.30. The fraction of sp³-hybridized carbons (Fsp3) is 0.100. The molecule has 0 spiro atoms. The van der Waals surface area contributed by atoms with E-state index in [0.717, 1.165) is 77.3 Å². The first-order valence-electron chi connectivity index (χ1n) is 16.1. The minimum absolute atomic E-state index is 0.00656. The third-order valence-electron chi connectivity index (χ3n) is 8.30. The third-order valence-corrected chi connectivity index (χ3v) is 14.8. The van der Waals surface area contributed by atoms with Gasteiger partial charge in [0.15, 0.2) is 0 Å². The number of thiophene rings is 5. The van der Waals surface area contributed by atoms with Crippen molar-refractivity contribution < 1.29 is 34.5 Å². The summed E-state index contributed by atoms with van der Waals surface area (Å²) in [5.41, 5.74) is 4.18. The average molecular weight is 781 g/mol. The number of aromatic carboxylic acids is 2. The molecule has 0 aliphatic heterocycles. The second kappa shape index (κ2) is 15.3. The summed E-state index contributed by atoms with van der Waals surface area (Å²) in [6.07, 6.45) is 2.32. The molecule has 2 aromatic carbocycles. The molecule has 0 bridgehead atoms. The van der Waals surface area contributed by atoms with Crippen LogP contribution in [0, 0.1) is 0 Å². The predicted molar refractivity (Wildman–Crippen MR) is 213 cm³/mol. The molecule has 12 heteroatoms. The number of benzene rings is 2. The quantitative estimate of drug-likeness (QED) is 0.0937. The van der Waals surface area contributed by atoms with Crippen LogP contribution in [0.3, 0.4) is 0 Å². The SMILES string of the molecule is O=CCCc1cc(-c2ccc(-c3cccc(C(=O)O)c3)s2)sc1-c1ccc(-c2sc(-c3ccc(-c4cccc(C(=O)O)c4)s3)cc2CCC(=O)O)s1. The minimum atomic E-state index is -0.976. The first kappa shape index (κ1) is 35.4. The van der Waals surface area contributed by atoms with Gasteiger partial charge in [0.05, 0.1) is 11.1 Å². The smallest absolute Gasteiger partial charge is 0.335 e. The first-order chi connectivity index (χ1) is 25.2. The molecule has 5 heterocycles. The van der Waals surface area contributed by atoms with E-state index in [1.807, 2.05) is 36.4 Å². The van der Waals surface area contributed by atoms with Gasteiger partial charge in [-0.1, -0.05) is 24.3 Å². The number of carbonyl (C=O) groups is 4. The number of aliphatic carboxylic acids is 1. The number of carboxylic acid groups (broad SMARTS) is 3. The van der Waals surface area contributed by atoms with E-state index in [9.17, 15) is 34.5 Å². The molecule has 5 aromatic heterocycles. The number of carbonyl (C=O) groups excluding carboxylic acids is 1. The molecule has 0 saturated carbocycles. The standard InChI is InChI=1S/C40H28O7S5/c41-17-3-8-24-20-34(30-12-10-28(48-30)22-4-1-6-26(18-22)39(44)45)51-37(24)32-14-15-33(50-32)38-25(9-16-36(42)43)21-35(52-38)31-13-11-29(49-31)23-5-2-7-27(19-23)40(46)47/h1-2,4-7,10-15,17-21H,3,8-9,16H2,(H,42,43)(H,44,45)(H,46,47). The van der Waals surface area contributed by atoms with Crippen LogP contribution in [0.5, 0.6) is 0 Å². The first-order valence-corrected chi connectivity index (χ1v) is 20.1. The fourth-order valence-corrected chi connectivity index (χ4v) is 11.7. The summed E-state index contributed by atoms with van der Waals surface area (Å²) < 4.78 is 0. The Balaban J connectivity index is 1.21. The van der Waals surface area contributed by atoms with Crippen molar-refractivity contribution in [2.75, 3.05) is 0 Å². The van der Waals surface area contributed by atoms with Crippen LogP contribution in [-0.2, 0) is 22.4 Å². The number of carboxylic acids is 3. The largest absolute Gasteiger partial charge is 0.481 e. The monoisotopic (exact) mass is 780 g/mol. The summed E-state index contributed by atoms with van der Waals surface area (Å²) in [6.45, 7) is 0. The molecule has 0 aliphatic rings. The molecule has 52 heavy (non-hydrogen) atoms. The normalized spacial score (nSPS) is 11.2. The predicted octanol–water partition coefficient (Wildman–Crippen LogP) is 11.5. The molecule has 0 radical (unpaired) electrons. The van der Waals surface area contributed by atoms with Crippen LogP contribution in [0.1, 0.15) is 44.7 Å². The Labute approximate surface area is 318 Å². The number of hydrogen-bond acceptors (Lipinski definition) is 9. The van der Waals surface area contributed by atoms with Crippen molar-refractivity contribution >= 4 is 80.9 Å². The molecule has 0 unspecified atom stereocenters. The lowest BCUT2D eigenvalue weighted by Gasteiger charge is -2.00. The molecule has 7 rings (SSSR count). The molecule has 3 N–H and O–H groups in total. The lowest BCUT2D eigenvalue weighted by atomic mass is 10.1. The Morgan fingerprint density at radius 3 is 1.40 bits per heavy atom. The van der Waals surface area contributed by atoms with Gasteiger partial charge in [-0.05, 0) is 108 Å². The number of rotatable bonds is 14. The van der Waals surface area contributed by atoms with Gasteiger partial charge < -0.3 is 20.1 Å². The maximum atomic E-state index is 11.6. The highest BCUT2D eigenvalue weighted by Crippen LogP contribution is 2.49. The summed E-state index contributed by atoms with van der Waals surface area (Å²) in [7, 11) is 0. The molecule has 0 atom stereocenters. The zero-order chi connectivity index (χ0) is 36.4. The maximum Gasteiger partial charge on any atom is 0.335 e. The second-order valence-electron chi connectivity index (χ2n) is 11.8. The summed E-state index contributed by atoms with van der Waals surface area (Å²) in [6, 6.07) is 30.2. The molecule has 7 nitrogen and oxygen atoms in total. The van der Waals surface area contributed by atoms with Crippen molar-refractivity contribution in [1.82, 2.24) is 0 Å². The zero-order valence-electron chi connectivity index (χ0n) is 27.2. The van der Waals surface area contributed by atoms with Gasteiger partial charge in [-0.3, -0.25) is 4.79 Å². The van der Waals surface area contributed by atoms with Crippen molar-refractivity contribution in [2.24, 2.45) is 0 Å². The summed E-state index contributed by atoms with van der Waals surface area (Å²) in [5, 5.41) is 28.4. The van der Waals surface area contributed by atoms with Crippen LogP contribution in [0.4, 0.5) is 0 Å². The Kier molecular flexibility index (Phi) is 10.4. The number of aryl methyl sites for hydroxylation is 2. The Morgan fingerprint density at radius 2 is 0.942 bits per heavy atom. The van der Waals surface area contributed by atoms with Gasteiger partial charge in [0, 0.05) is 61.6 Å². The van der Waals surface area contributed by atoms with E-state index in [0.29, 0.717) is 19.3 Å². The van der Waals surface area contributed by atoms with E-state index in [4.69, 9.17) is 0 Å².